The summed E-state index contributed by atoms with van der Waals surface area (Å²) in [5, 5.41) is 0. The number of hydrogen-bond donors (Lipinski definition) is 0. The van der Waals surface area contributed by atoms with Crippen LogP contribution in [0, 0.1) is 17.3 Å². The molecule has 3 aliphatic rings. The molecule has 0 aromatic heterocycles. The average Bonchev–Trinajstić information content (AvgIpc) is 2.27. The van der Waals surface area contributed by atoms with Gasteiger partial charge in [-0.05, 0) is 43.9 Å². The summed E-state index contributed by atoms with van der Waals surface area (Å²) in [7, 11) is 0. The Morgan fingerprint density at radius 3 is 2.12 bits per heavy atom. The number of rotatable bonds is 1. The third kappa shape index (κ3) is 2.23. The molecule has 0 aromatic carbocycles. The highest BCUT2D eigenvalue weighted by atomic mass is 16.2. The number of hydrogen-bond acceptors (Lipinski definition) is 1. The second-order valence-corrected chi connectivity index (χ2v) is 7.14. The van der Waals surface area contributed by atoms with Crippen molar-refractivity contribution in [3.63, 3.8) is 0 Å². The molecule has 2 atom stereocenters. The molecule has 3 fully saturated rings. The van der Waals surface area contributed by atoms with Gasteiger partial charge in [0.2, 0.25) is 5.91 Å². The fourth-order valence-corrected chi connectivity index (χ4v) is 3.40. The van der Waals surface area contributed by atoms with Gasteiger partial charge in [-0.3, -0.25) is 4.79 Å². The molecule has 2 heterocycles. The molecule has 98 valence electrons. The predicted molar refractivity (Wildman–Crippen MR) is 70.7 cm³/mol. The molecule has 0 radical (unpaired) electrons. The molecule has 17 heavy (non-hydrogen) atoms. The molecule has 2 nitrogen and oxygen atoms in total. The first-order valence-electron chi connectivity index (χ1n) is 7.14. The van der Waals surface area contributed by atoms with Crippen molar-refractivity contribution in [2.45, 2.75) is 72.4 Å². The average molecular weight is 237 g/mol. The highest BCUT2D eigenvalue weighted by Crippen LogP contribution is 2.41. The van der Waals surface area contributed by atoms with Gasteiger partial charge in [0.15, 0.2) is 0 Å². The molecule has 0 aromatic rings. The predicted octanol–water partition coefficient (Wildman–Crippen LogP) is 3.46. The summed E-state index contributed by atoms with van der Waals surface area (Å²) in [6.45, 7) is 10.9. The maximum atomic E-state index is 12.7. The van der Waals surface area contributed by atoms with Crippen molar-refractivity contribution >= 4 is 5.91 Å². The van der Waals surface area contributed by atoms with Gasteiger partial charge in [-0.2, -0.15) is 0 Å². The smallest absolute Gasteiger partial charge is 0.226 e. The minimum Gasteiger partial charge on any atom is -0.336 e. The van der Waals surface area contributed by atoms with Crippen LogP contribution in [0.5, 0.6) is 0 Å². The fourth-order valence-electron chi connectivity index (χ4n) is 3.40. The Morgan fingerprint density at radius 1 is 1.18 bits per heavy atom. The van der Waals surface area contributed by atoms with Crippen LogP contribution in [-0.2, 0) is 4.79 Å². The van der Waals surface area contributed by atoms with Crippen LogP contribution in [0.3, 0.4) is 0 Å². The van der Waals surface area contributed by atoms with Crippen LogP contribution in [0.2, 0.25) is 0 Å². The van der Waals surface area contributed by atoms with E-state index in [2.05, 4.69) is 39.5 Å². The third-order valence-electron chi connectivity index (χ3n) is 5.18. The maximum Gasteiger partial charge on any atom is 0.226 e. The Kier molecular flexibility index (Phi) is 3.26. The first-order valence-corrected chi connectivity index (χ1v) is 7.14. The normalized spacial score (nSPS) is 34.9. The summed E-state index contributed by atoms with van der Waals surface area (Å²) >= 11 is 0. The van der Waals surface area contributed by atoms with Gasteiger partial charge in [0.25, 0.3) is 0 Å². The van der Waals surface area contributed by atoms with E-state index in [0.29, 0.717) is 18.0 Å². The van der Waals surface area contributed by atoms with Crippen molar-refractivity contribution in [3.8, 4) is 0 Å². The highest BCUT2D eigenvalue weighted by Gasteiger charge is 2.44. The number of piperidine rings is 2. The minimum absolute atomic E-state index is 0.0769. The van der Waals surface area contributed by atoms with E-state index < -0.39 is 0 Å². The molecule has 1 aliphatic carbocycles. The van der Waals surface area contributed by atoms with E-state index >= 15 is 0 Å². The van der Waals surface area contributed by atoms with Crippen molar-refractivity contribution in [1.82, 2.24) is 4.90 Å². The number of carbonyl (C=O) groups excluding carboxylic acids is 1. The lowest BCUT2D eigenvalue weighted by atomic mass is 9.73. The summed E-state index contributed by atoms with van der Waals surface area (Å²) in [6.07, 6.45) is 5.13. The monoisotopic (exact) mass is 237 g/mol. The van der Waals surface area contributed by atoms with Crippen molar-refractivity contribution < 1.29 is 4.79 Å². The molecule has 2 saturated heterocycles. The first kappa shape index (κ1) is 12.9. The van der Waals surface area contributed by atoms with Crippen LogP contribution in [0.4, 0.5) is 0 Å². The van der Waals surface area contributed by atoms with Crippen LogP contribution in [0.15, 0.2) is 0 Å². The Hall–Kier alpha value is -0.530. The molecule has 2 heteroatoms. The second-order valence-electron chi connectivity index (χ2n) is 7.14. The van der Waals surface area contributed by atoms with Gasteiger partial charge in [-0.15, -0.1) is 0 Å². The van der Waals surface area contributed by atoms with Crippen molar-refractivity contribution in [2.75, 3.05) is 0 Å². The van der Waals surface area contributed by atoms with E-state index in [1.54, 1.807) is 0 Å². The Balaban J connectivity index is 2.14. The molecule has 0 unspecified atom stereocenters. The molecule has 3 rings (SSSR count). The standard InChI is InChI=1S/C15H27NO/c1-10(15(3,4)5)14(17)16-11(2)12-6-8-13(16)9-7-12/h10-13H,6-9H2,1-5H3/t10-,11-,12?,13?/m1/s1. The lowest BCUT2D eigenvalue weighted by Gasteiger charge is -2.52. The fraction of sp³-hybridized carbons (Fsp3) is 0.933. The largest absolute Gasteiger partial charge is 0.336 e. The molecule has 1 amide bonds. The van der Waals surface area contributed by atoms with Gasteiger partial charge >= 0.3 is 0 Å². The Bertz CT molecular complexity index is 295. The van der Waals surface area contributed by atoms with E-state index in [9.17, 15) is 4.79 Å². The van der Waals surface area contributed by atoms with Gasteiger partial charge in [-0.1, -0.05) is 27.7 Å². The summed E-state index contributed by atoms with van der Waals surface area (Å²) in [5.74, 6) is 1.28. The van der Waals surface area contributed by atoms with Crippen LogP contribution in [0.1, 0.15) is 60.3 Å². The van der Waals surface area contributed by atoms with E-state index in [1.807, 2.05) is 0 Å². The van der Waals surface area contributed by atoms with Gasteiger partial charge in [0.05, 0.1) is 0 Å². The third-order valence-corrected chi connectivity index (χ3v) is 5.18. The van der Waals surface area contributed by atoms with E-state index in [0.717, 1.165) is 5.92 Å². The molecule has 2 bridgehead atoms. The van der Waals surface area contributed by atoms with Crippen molar-refractivity contribution in [2.24, 2.45) is 17.3 Å². The van der Waals surface area contributed by atoms with E-state index in [4.69, 9.17) is 0 Å². The lowest BCUT2D eigenvalue weighted by Crippen LogP contribution is -2.58. The van der Waals surface area contributed by atoms with Crippen LogP contribution >= 0.6 is 0 Å². The van der Waals surface area contributed by atoms with Crippen LogP contribution in [-0.4, -0.2) is 22.9 Å². The molecule has 1 saturated carbocycles. The van der Waals surface area contributed by atoms with Gasteiger partial charge in [0, 0.05) is 18.0 Å². The topological polar surface area (TPSA) is 20.3 Å². The first-order chi connectivity index (χ1) is 7.82. The van der Waals surface area contributed by atoms with E-state index in [-0.39, 0.29) is 11.3 Å². The zero-order valence-electron chi connectivity index (χ0n) is 12.0. The summed E-state index contributed by atoms with van der Waals surface area (Å²) in [5.41, 5.74) is 0.0769. The number of carbonyl (C=O) groups is 1. The zero-order chi connectivity index (χ0) is 12.8. The summed E-state index contributed by atoms with van der Waals surface area (Å²) in [6, 6.07) is 1.01. The highest BCUT2D eigenvalue weighted by molar-refractivity contribution is 5.80. The van der Waals surface area contributed by atoms with Gasteiger partial charge < -0.3 is 4.90 Å². The van der Waals surface area contributed by atoms with Crippen molar-refractivity contribution in [1.29, 1.82) is 0 Å². The second kappa shape index (κ2) is 4.29. The molecular formula is C15H27NO. The van der Waals surface area contributed by atoms with Crippen LogP contribution < -0.4 is 0 Å². The number of nitrogens with zero attached hydrogens (tertiary/aromatic N) is 1. The Morgan fingerprint density at radius 2 is 1.71 bits per heavy atom. The Labute approximate surface area is 106 Å². The van der Waals surface area contributed by atoms with Crippen LogP contribution in [0.25, 0.3) is 0 Å². The number of fused-ring (bicyclic) bond motifs is 3. The zero-order valence-corrected chi connectivity index (χ0v) is 12.0. The minimum atomic E-state index is 0.0769. The summed E-state index contributed by atoms with van der Waals surface area (Å²) in [4.78, 5) is 14.9. The van der Waals surface area contributed by atoms with E-state index in [1.165, 1.54) is 25.7 Å². The molecule has 0 N–H and O–H groups in total. The lowest BCUT2D eigenvalue weighted by molar-refractivity contribution is -0.151. The SMILES string of the molecule is C[C@@H]1C2CCC(CC2)N1C(=O)[C@@H](C)C(C)(C)C. The van der Waals surface area contributed by atoms with Crippen molar-refractivity contribution in [3.05, 3.63) is 0 Å². The quantitative estimate of drug-likeness (QED) is 0.684. The maximum absolute atomic E-state index is 12.7. The molecule has 2 aliphatic heterocycles. The van der Waals surface area contributed by atoms with Gasteiger partial charge in [-0.25, -0.2) is 0 Å². The van der Waals surface area contributed by atoms with Gasteiger partial charge in [0.1, 0.15) is 0 Å². The molecule has 0 spiro atoms. The number of amides is 1. The molecular weight excluding hydrogens is 210 g/mol. The summed E-state index contributed by atoms with van der Waals surface area (Å²) < 4.78 is 0.